The van der Waals surface area contributed by atoms with Crippen molar-refractivity contribution in [2.24, 2.45) is 0 Å². The highest BCUT2D eigenvalue weighted by Gasteiger charge is 2.25. The number of esters is 2. The number of benzene rings is 4. The molecule has 5 aromatic rings. The van der Waals surface area contributed by atoms with Crippen molar-refractivity contribution in [3.63, 3.8) is 0 Å². The fourth-order valence-corrected chi connectivity index (χ4v) is 5.44. The summed E-state index contributed by atoms with van der Waals surface area (Å²) in [6, 6.07) is 33.0. The van der Waals surface area contributed by atoms with E-state index in [1.165, 1.54) is 19.3 Å². The van der Waals surface area contributed by atoms with Crippen LogP contribution in [0, 0.1) is 0 Å². The Morgan fingerprint density at radius 3 is 2.18 bits per heavy atom. The molecule has 0 atom stereocenters. The molecule has 0 aliphatic carbocycles. The zero-order valence-corrected chi connectivity index (χ0v) is 25.1. The smallest absolute Gasteiger partial charge is 0.337 e. The molecule has 222 valence electrons. The molecule has 0 radical (unpaired) electrons. The van der Waals surface area contributed by atoms with E-state index in [2.05, 4.69) is 35.4 Å². The number of methoxy groups -OCH3 is 1. The minimum Gasteiger partial charge on any atom is -0.493 e. The summed E-state index contributed by atoms with van der Waals surface area (Å²) in [5.74, 6) is -0.254. The molecule has 6 nitrogen and oxygen atoms in total. The zero-order valence-electron chi connectivity index (χ0n) is 24.3. The molecule has 0 saturated carbocycles. The van der Waals surface area contributed by atoms with Crippen molar-refractivity contribution >= 4 is 40.5 Å². The van der Waals surface area contributed by atoms with Crippen LogP contribution in [-0.4, -0.2) is 36.8 Å². The van der Waals surface area contributed by atoms with Crippen molar-refractivity contribution < 1.29 is 23.8 Å². The Kier molecular flexibility index (Phi) is 9.95. The van der Waals surface area contributed by atoms with Crippen molar-refractivity contribution in [1.82, 2.24) is 4.57 Å². The van der Waals surface area contributed by atoms with E-state index in [1.54, 1.807) is 30.3 Å². The molecule has 44 heavy (non-hydrogen) atoms. The summed E-state index contributed by atoms with van der Waals surface area (Å²) in [5.41, 5.74) is 5.38. The summed E-state index contributed by atoms with van der Waals surface area (Å²) in [6.07, 6.45) is 5.30. The molecule has 0 N–H and O–H groups in total. The first-order valence-corrected chi connectivity index (χ1v) is 14.6. The third-order valence-corrected chi connectivity index (χ3v) is 7.45. The van der Waals surface area contributed by atoms with Gasteiger partial charge in [-0.15, -0.1) is 0 Å². The van der Waals surface area contributed by atoms with E-state index in [9.17, 15) is 9.59 Å². The van der Waals surface area contributed by atoms with E-state index >= 15 is 0 Å². The summed E-state index contributed by atoms with van der Waals surface area (Å²) in [5, 5.41) is 1.56. The van der Waals surface area contributed by atoms with Gasteiger partial charge in [0.25, 0.3) is 0 Å². The molecule has 0 saturated heterocycles. The third-order valence-electron chi connectivity index (χ3n) is 7.22. The molecular weight excluding hydrogens is 574 g/mol. The number of fused-ring (bicyclic) bond motifs is 1. The summed E-state index contributed by atoms with van der Waals surface area (Å²) in [6.45, 7) is 4.09. The summed E-state index contributed by atoms with van der Waals surface area (Å²) in [4.78, 5) is 24.5. The summed E-state index contributed by atoms with van der Waals surface area (Å²) >= 11 is 6.55. The molecule has 0 aliphatic heterocycles. The standard InChI is InChI=1S/C37H32ClNO5/c1-3-23-44-35(40)21-20-33-31(22-24-43-30-17-14-28(15-18-30)37(41)42-2)32-25-29(38)16-19-34(32)39(33)36(26-10-6-4-7-11-26)27-12-8-5-9-13-27/h3-21,25,36H,1,22-24H2,2H3. The lowest BCUT2D eigenvalue weighted by atomic mass is 9.98. The third kappa shape index (κ3) is 6.93. The van der Waals surface area contributed by atoms with E-state index in [0.29, 0.717) is 29.4 Å². The molecule has 0 bridgehead atoms. The normalized spacial score (nSPS) is 11.2. The second kappa shape index (κ2) is 14.4. The van der Waals surface area contributed by atoms with Gasteiger partial charge in [0.1, 0.15) is 12.4 Å². The van der Waals surface area contributed by atoms with Crippen LogP contribution in [0.3, 0.4) is 0 Å². The van der Waals surface area contributed by atoms with E-state index in [-0.39, 0.29) is 12.6 Å². The zero-order chi connectivity index (χ0) is 30.9. The Balaban J connectivity index is 1.62. The minimum absolute atomic E-state index is 0.119. The fraction of sp³-hybridized carbons (Fsp3) is 0.135. The van der Waals surface area contributed by atoms with Crippen LogP contribution in [0.4, 0.5) is 0 Å². The first kappa shape index (κ1) is 30.4. The number of nitrogens with zero attached hydrogens (tertiary/aromatic N) is 1. The van der Waals surface area contributed by atoms with Gasteiger partial charge in [0.2, 0.25) is 0 Å². The second-order valence-corrected chi connectivity index (χ2v) is 10.4. The minimum atomic E-state index is -0.469. The van der Waals surface area contributed by atoms with Gasteiger partial charge in [-0.25, -0.2) is 9.59 Å². The lowest BCUT2D eigenvalue weighted by Crippen LogP contribution is -2.14. The van der Waals surface area contributed by atoms with Gasteiger partial charge in [-0.3, -0.25) is 0 Å². The molecule has 4 aromatic carbocycles. The predicted molar refractivity (Wildman–Crippen MR) is 174 cm³/mol. The number of aromatic nitrogens is 1. The Morgan fingerprint density at radius 1 is 0.909 bits per heavy atom. The lowest BCUT2D eigenvalue weighted by Gasteiger charge is -2.24. The molecule has 0 fully saturated rings. The molecule has 1 aromatic heterocycles. The number of carbonyl (C=O) groups excluding carboxylic acids is 2. The van der Waals surface area contributed by atoms with Gasteiger partial charge in [-0.1, -0.05) is 84.9 Å². The SMILES string of the molecule is C=CCOC(=O)C=Cc1c(CCOc2ccc(C(=O)OC)cc2)c2cc(Cl)ccc2n1C(c1ccccc1)c1ccccc1. The number of halogens is 1. The molecule has 0 aliphatic rings. The molecule has 5 rings (SSSR count). The number of hydrogen-bond donors (Lipinski definition) is 0. The molecule has 0 spiro atoms. The van der Waals surface area contributed by atoms with Crippen LogP contribution in [0.15, 0.2) is 122 Å². The van der Waals surface area contributed by atoms with Crippen molar-refractivity contribution in [2.45, 2.75) is 12.5 Å². The summed E-state index contributed by atoms with van der Waals surface area (Å²) < 4.78 is 18.4. The van der Waals surface area contributed by atoms with Gasteiger partial charge in [-0.2, -0.15) is 0 Å². The average molecular weight is 606 g/mol. The van der Waals surface area contributed by atoms with Crippen molar-refractivity contribution in [2.75, 3.05) is 20.3 Å². The van der Waals surface area contributed by atoms with Crippen LogP contribution >= 0.6 is 11.6 Å². The topological polar surface area (TPSA) is 66.8 Å². The molecular formula is C37H32ClNO5. The second-order valence-electron chi connectivity index (χ2n) is 9.99. The Bertz CT molecular complexity index is 1740. The van der Waals surface area contributed by atoms with Crippen molar-refractivity contribution in [3.05, 3.63) is 155 Å². The van der Waals surface area contributed by atoms with Gasteiger partial charge < -0.3 is 18.8 Å². The van der Waals surface area contributed by atoms with E-state index in [1.807, 2.05) is 54.6 Å². The highest BCUT2D eigenvalue weighted by atomic mass is 35.5. The van der Waals surface area contributed by atoms with Gasteiger partial charge >= 0.3 is 11.9 Å². The van der Waals surface area contributed by atoms with Crippen LogP contribution in [0.5, 0.6) is 5.75 Å². The Labute approximate surface area is 261 Å². The monoisotopic (exact) mass is 605 g/mol. The van der Waals surface area contributed by atoms with Crippen molar-refractivity contribution in [1.29, 1.82) is 0 Å². The average Bonchev–Trinajstić information content (AvgIpc) is 3.35. The van der Waals surface area contributed by atoms with Crippen LogP contribution < -0.4 is 4.74 Å². The maximum absolute atomic E-state index is 12.6. The van der Waals surface area contributed by atoms with Crippen LogP contribution in [0.1, 0.15) is 38.8 Å². The quantitative estimate of drug-likeness (QED) is 0.0817. The number of rotatable bonds is 12. The van der Waals surface area contributed by atoms with Crippen LogP contribution in [0.2, 0.25) is 5.02 Å². The highest BCUT2D eigenvalue weighted by Crippen LogP contribution is 2.38. The molecule has 0 unspecified atom stereocenters. The molecule has 0 amide bonds. The highest BCUT2D eigenvalue weighted by molar-refractivity contribution is 6.31. The first-order chi connectivity index (χ1) is 21.5. The van der Waals surface area contributed by atoms with Gasteiger partial charge in [0.05, 0.1) is 25.3 Å². The van der Waals surface area contributed by atoms with Crippen LogP contribution in [-0.2, 0) is 20.7 Å². The van der Waals surface area contributed by atoms with E-state index < -0.39 is 11.9 Å². The Hall–Kier alpha value is -5.07. The largest absolute Gasteiger partial charge is 0.493 e. The summed E-state index contributed by atoms with van der Waals surface area (Å²) in [7, 11) is 1.35. The first-order valence-electron chi connectivity index (χ1n) is 14.2. The maximum Gasteiger partial charge on any atom is 0.337 e. The maximum atomic E-state index is 12.6. The molecule has 7 heteroatoms. The van der Waals surface area contributed by atoms with Gasteiger partial charge in [0.15, 0.2) is 0 Å². The van der Waals surface area contributed by atoms with Crippen molar-refractivity contribution in [3.8, 4) is 5.75 Å². The number of hydrogen-bond acceptors (Lipinski definition) is 5. The Morgan fingerprint density at radius 2 is 1.57 bits per heavy atom. The van der Waals surface area contributed by atoms with E-state index in [4.69, 9.17) is 25.8 Å². The van der Waals surface area contributed by atoms with Gasteiger partial charge in [-0.05, 0) is 65.2 Å². The molecule has 1 heterocycles. The van der Waals surface area contributed by atoms with Crippen LogP contribution in [0.25, 0.3) is 17.0 Å². The predicted octanol–water partition coefficient (Wildman–Crippen LogP) is 8.08. The number of carbonyl (C=O) groups is 2. The van der Waals surface area contributed by atoms with Gasteiger partial charge in [0, 0.05) is 34.1 Å². The van der Waals surface area contributed by atoms with E-state index in [0.717, 1.165) is 33.3 Å². The fourth-order valence-electron chi connectivity index (χ4n) is 5.27. The lowest BCUT2D eigenvalue weighted by molar-refractivity contribution is -0.136. The number of ether oxygens (including phenoxy) is 3.